The Morgan fingerprint density at radius 3 is 2.56 bits per heavy atom. The first-order valence-corrected chi connectivity index (χ1v) is 9.36. The molecule has 1 aliphatic carbocycles. The second kappa shape index (κ2) is 8.99. The van der Waals surface area contributed by atoms with Gasteiger partial charge in [0.15, 0.2) is 0 Å². The predicted octanol–water partition coefficient (Wildman–Crippen LogP) is 1.58. The Balaban J connectivity index is 1.90. The Bertz CT molecular complexity index is 566. The molecule has 0 aromatic carbocycles. The van der Waals surface area contributed by atoms with Gasteiger partial charge in [-0.05, 0) is 25.7 Å². The number of carbonyl (C=O) groups excluding carboxylic acids is 2. The van der Waals surface area contributed by atoms with Gasteiger partial charge in [-0.15, -0.1) is 0 Å². The van der Waals surface area contributed by atoms with E-state index in [2.05, 4.69) is 15.7 Å². The highest BCUT2D eigenvalue weighted by molar-refractivity contribution is 5.94. The molecule has 1 aliphatic rings. The summed E-state index contributed by atoms with van der Waals surface area (Å²) in [4.78, 5) is 24.6. The standard InChI is InChI=1S/C18H31N5O2/c1-3-18(4-2,13-19)22-17(25)14-10-20-23(11-14)12-16(24)21-15-8-6-5-7-9-15/h10-11,15H,3-9,12-13,19H2,1-2H3,(H,21,24)(H,22,25). The van der Waals surface area contributed by atoms with Gasteiger partial charge < -0.3 is 16.4 Å². The van der Waals surface area contributed by atoms with Crippen LogP contribution >= 0.6 is 0 Å². The van der Waals surface area contributed by atoms with E-state index in [4.69, 9.17) is 5.73 Å². The lowest BCUT2D eigenvalue weighted by Gasteiger charge is -2.31. The molecule has 4 N–H and O–H groups in total. The molecule has 0 saturated heterocycles. The number of hydrogen-bond acceptors (Lipinski definition) is 4. The van der Waals surface area contributed by atoms with Crippen LogP contribution in [0.4, 0.5) is 0 Å². The zero-order valence-electron chi connectivity index (χ0n) is 15.4. The number of carbonyl (C=O) groups is 2. The first kappa shape index (κ1) is 19.4. The maximum Gasteiger partial charge on any atom is 0.254 e. The molecule has 1 aromatic heterocycles. The summed E-state index contributed by atoms with van der Waals surface area (Å²) >= 11 is 0. The molecule has 7 heteroatoms. The van der Waals surface area contributed by atoms with Gasteiger partial charge in [-0.3, -0.25) is 14.3 Å². The molecule has 140 valence electrons. The zero-order valence-corrected chi connectivity index (χ0v) is 15.4. The highest BCUT2D eigenvalue weighted by Crippen LogP contribution is 2.17. The first-order chi connectivity index (χ1) is 12.0. The van der Waals surface area contributed by atoms with Gasteiger partial charge in [0.05, 0.1) is 17.3 Å². The monoisotopic (exact) mass is 349 g/mol. The number of nitrogens with zero attached hydrogens (tertiary/aromatic N) is 2. The largest absolute Gasteiger partial charge is 0.352 e. The molecule has 2 amide bonds. The third kappa shape index (κ3) is 5.29. The molecule has 0 spiro atoms. The Morgan fingerprint density at radius 1 is 1.28 bits per heavy atom. The van der Waals surface area contributed by atoms with Gasteiger partial charge in [-0.2, -0.15) is 5.10 Å². The summed E-state index contributed by atoms with van der Waals surface area (Å²) in [5.74, 6) is -0.256. The highest BCUT2D eigenvalue weighted by Gasteiger charge is 2.27. The van der Waals surface area contributed by atoms with Crippen molar-refractivity contribution in [1.29, 1.82) is 0 Å². The van der Waals surface area contributed by atoms with Crippen LogP contribution in [0.3, 0.4) is 0 Å². The van der Waals surface area contributed by atoms with Crippen molar-refractivity contribution in [2.75, 3.05) is 6.54 Å². The number of amides is 2. The van der Waals surface area contributed by atoms with Crippen molar-refractivity contribution in [1.82, 2.24) is 20.4 Å². The van der Waals surface area contributed by atoms with Crippen molar-refractivity contribution in [3.05, 3.63) is 18.0 Å². The van der Waals surface area contributed by atoms with Gasteiger partial charge >= 0.3 is 0 Å². The Hall–Kier alpha value is -1.89. The first-order valence-electron chi connectivity index (χ1n) is 9.36. The number of hydrogen-bond donors (Lipinski definition) is 3. The molecular weight excluding hydrogens is 318 g/mol. The molecule has 1 fully saturated rings. The molecule has 0 bridgehead atoms. The summed E-state index contributed by atoms with van der Waals surface area (Å²) in [5.41, 5.74) is 5.88. The van der Waals surface area contributed by atoms with Gasteiger partial charge in [-0.1, -0.05) is 33.1 Å². The minimum absolute atomic E-state index is 0.0552. The van der Waals surface area contributed by atoms with Crippen LogP contribution in [0.25, 0.3) is 0 Å². The van der Waals surface area contributed by atoms with Crippen LogP contribution in [0.2, 0.25) is 0 Å². The summed E-state index contributed by atoms with van der Waals surface area (Å²) < 4.78 is 1.51. The fraction of sp³-hybridized carbons (Fsp3) is 0.722. The topological polar surface area (TPSA) is 102 Å². The molecule has 7 nitrogen and oxygen atoms in total. The van der Waals surface area contributed by atoms with Gasteiger partial charge in [0.2, 0.25) is 5.91 Å². The van der Waals surface area contributed by atoms with E-state index in [-0.39, 0.29) is 24.4 Å². The molecule has 0 aliphatic heterocycles. The molecule has 1 heterocycles. The molecule has 25 heavy (non-hydrogen) atoms. The maximum atomic E-state index is 12.4. The van der Waals surface area contributed by atoms with E-state index in [0.717, 1.165) is 25.7 Å². The van der Waals surface area contributed by atoms with Crippen LogP contribution in [0.15, 0.2) is 12.4 Å². The van der Waals surface area contributed by atoms with Crippen LogP contribution in [0, 0.1) is 0 Å². The molecule has 1 saturated carbocycles. The minimum Gasteiger partial charge on any atom is -0.352 e. The van der Waals surface area contributed by atoms with E-state index < -0.39 is 5.54 Å². The van der Waals surface area contributed by atoms with Crippen molar-refractivity contribution < 1.29 is 9.59 Å². The Kier molecular flexibility index (Phi) is 6.99. The summed E-state index contributed by atoms with van der Waals surface area (Å²) in [6.45, 7) is 4.54. The van der Waals surface area contributed by atoms with Gasteiger partial charge in [0.25, 0.3) is 5.91 Å². The predicted molar refractivity (Wildman–Crippen MR) is 97.1 cm³/mol. The van der Waals surface area contributed by atoms with Crippen LogP contribution in [0.5, 0.6) is 0 Å². The van der Waals surface area contributed by atoms with E-state index >= 15 is 0 Å². The second-order valence-electron chi connectivity index (χ2n) is 6.97. The molecule has 0 unspecified atom stereocenters. The quantitative estimate of drug-likeness (QED) is 0.663. The van der Waals surface area contributed by atoms with Crippen molar-refractivity contribution in [3.63, 3.8) is 0 Å². The minimum atomic E-state index is -0.391. The van der Waals surface area contributed by atoms with E-state index in [1.807, 2.05) is 13.8 Å². The highest BCUT2D eigenvalue weighted by atomic mass is 16.2. The fourth-order valence-electron chi connectivity index (χ4n) is 3.31. The molecule has 0 radical (unpaired) electrons. The van der Waals surface area contributed by atoms with E-state index in [1.54, 1.807) is 6.20 Å². The van der Waals surface area contributed by atoms with E-state index in [0.29, 0.717) is 12.1 Å². The smallest absolute Gasteiger partial charge is 0.254 e. The second-order valence-corrected chi connectivity index (χ2v) is 6.97. The number of rotatable bonds is 8. The number of aromatic nitrogens is 2. The lowest BCUT2D eigenvalue weighted by molar-refractivity contribution is -0.122. The fourth-order valence-corrected chi connectivity index (χ4v) is 3.31. The summed E-state index contributed by atoms with van der Waals surface area (Å²) in [6, 6.07) is 0.277. The zero-order chi connectivity index (χ0) is 18.3. The van der Waals surface area contributed by atoms with E-state index in [9.17, 15) is 9.59 Å². The normalized spacial score (nSPS) is 15.8. The van der Waals surface area contributed by atoms with Crippen LogP contribution in [-0.2, 0) is 11.3 Å². The average molecular weight is 349 g/mol. The lowest BCUT2D eigenvalue weighted by atomic mass is 9.92. The molecular formula is C18H31N5O2. The third-order valence-corrected chi connectivity index (χ3v) is 5.29. The summed E-state index contributed by atoms with van der Waals surface area (Å²) in [6.07, 6.45) is 10.3. The van der Waals surface area contributed by atoms with Crippen molar-refractivity contribution in [2.24, 2.45) is 5.73 Å². The van der Waals surface area contributed by atoms with Crippen LogP contribution in [-0.4, -0.2) is 39.7 Å². The van der Waals surface area contributed by atoms with Crippen molar-refractivity contribution in [3.8, 4) is 0 Å². The van der Waals surface area contributed by atoms with Crippen LogP contribution < -0.4 is 16.4 Å². The number of nitrogens with two attached hydrogens (primary N) is 1. The summed E-state index contributed by atoms with van der Waals surface area (Å²) in [5, 5.41) is 10.2. The Morgan fingerprint density at radius 2 is 1.96 bits per heavy atom. The average Bonchev–Trinajstić information content (AvgIpc) is 3.09. The van der Waals surface area contributed by atoms with Crippen LogP contribution in [0.1, 0.15) is 69.2 Å². The Labute approximate surface area is 149 Å². The third-order valence-electron chi connectivity index (χ3n) is 5.29. The molecule has 2 rings (SSSR count). The van der Waals surface area contributed by atoms with Crippen molar-refractivity contribution in [2.45, 2.75) is 76.9 Å². The SMILES string of the molecule is CCC(CC)(CN)NC(=O)c1cnn(CC(=O)NC2CCCCC2)c1. The maximum absolute atomic E-state index is 12.4. The molecule has 0 atom stereocenters. The molecule has 1 aromatic rings. The van der Waals surface area contributed by atoms with Gasteiger partial charge in [0, 0.05) is 18.8 Å². The van der Waals surface area contributed by atoms with Crippen molar-refractivity contribution >= 4 is 11.8 Å². The summed E-state index contributed by atoms with van der Waals surface area (Å²) in [7, 11) is 0. The number of nitrogens with one attached hydrogen (secondary N) is 2. The lowest BCUT2D eigenvalue weighted by Crippen LogP contribution is -2.52. The van der Waals surface area contributed by atoms with Gasteiger partial charge in [-0.25, -0.2) is 0 Å². The van der Waals surface area contributed by atoms with Gasteiger partial charge in [0.1, 0.15) is 6.54 Å². The van der Waals surface area contributed by atoms with E-state index in [1.165, 1.54) is 30.1 Å².